The van der Waals surface area contributed by atoms with Crippen LogP contribution in [0.4, 0.5) is 0 Å². The number of aliphatic hydroxyl groups is 3. The second-order valence-corrected chi connectivity index (χ2v) is 4.57. The Kier molecular flexibility index (Phi) is 8.86. The van der Waals surface area contributed by atoms with Crippen molar-refractivity contribution in [1.82, 2.24) is 5.32 Å². The Morgan fingerprint density at radius 1 is 1.47 bits per heavy atom. The first-order valence-electron chi connectivity index (χ1n) is 6.28. The van der Waals surface area contributed by atoms with E-state index >= 15 is 0 Å². The number of carbonyl (C=O) groups is 1. The molecule has 4 atom stereocenters. The first-order chi connectivity index (χ1) is 8.81. The lowest BCUT2D eigenvalue weighted by molar-refractivity contribution is -0.265. The normalized spacial score (nSPS) is 30.5. The molecular weight excluding hydrogens is 254 g/mol. The summed E-state index contributed by atoms with van der Waals surface area (Å²) < 4.78 is 10.6. The second kappa shape index (κ2) is 9.22. The van der Waals surface area contributed by atoms with Gasteiger partial charge >= 0.3 is 0 Å². The van der Waals surface area contributed by atoms with Crippen molar-refractivity contribution in [3.8, 4) is 0 Å². The van der Waals surface area contributed by atoms with Crippen LogP contribution in [-0.2, 0) is 14.3 Å². The second-order valence-electron chi connectivity index (χ2n) is 4.57. The molecule has 19 heavy (non-hydrogen) atoms. The summed E-state index contributed by atoms with van der Waals surface area (Å²) in [5.74, 6) is 0.00463. The summed E-state index contributed by atoms with van der Waals surface area (Å²) >= 11 is 0. The molecule has 1 rings (SSSR count). The highest BCUT2D eigenvalue weighted by atomic mass is 16.7. The van der Waals surface area contributed by atoms with Crippen LogP contribution in [0.2, 0.25) is 0 Å². The Morgan fingerprint density at radius 3 is 2.37 bits per heavy atom. The zero-order chi connectivity index (χ0) is 15.0. The van der Waals surface area contributed by atoms with E-state index in [4.69, 9.17) is 14.6 Å². The molecule has 1 amide bonds. The Morgan fingerprint density at radius 2 is 2.00 bits per heavy atom. The molecule has 0 aromatic heterocycles. The van der Waals surface area contributed by atoms with E-state index in [1.54, 1.807) is 7.05 Å². The summed E-state index contributed by atoms with van der Waals surface area (Å²) in [5, 5.41) is 30.1. The molecule has 0 bridgehead atoms. The molecule has 7 heteroatoms. The maximum absolute atomic E-state index is 9.70. The van der Waals surface area contributed by atoms with Crippen molar-refractivity contribution in [2.24, 2.45) is 0 Å². The van der Waals surface area contributed by atoms with Gasteiger partial charge in [0, 0.05) is 20.4 Å². The van der Waals surface area contributed by atoms with Gasteiger partial charge in [-0.3, -0.25) is 4.79 Å². The predicted molar refractivity (Wildman–Crippen MR) is 68.3 cm³/mol. The van der Waals surface area contributed by atoms with Gasteiger partial charge in [0.15, 0.2) is 6.29 Å². The van der Waals surface area contributed by atoms with Crippen molar-refractivity contribution in [3.05, 3.63) is 0 Å². The minimum Gasteiger partial charge on any atom is -0.394 e. The molecule has 1 fully saturated rings. The minimum absolute atomic E-state index is 0.00463. The van der Waals surface area contributed by atoms with Gasteiger partial charge in [0.25, 0.3) is 0 Å². The van der Waals surface area contributed by atoms with Crippen LogP contribution in [0.15, 0.2) is 0 Å². The third-order valence-corrected chi connectivity index (χ3v) is 2.49. The minimum atomic E-state index is -1.04. The van der Waals surface area contributed by atoms with E-state index in [-0.39, 0.29) is 25.0 Å². The van der Waals surface area contributed by atoms with Crippen LogP contribution in [-0.4, -0.2) is 65.6 Å². The van der Waals surface area contributed by atoms with Crippen molar-refractivity contribution < 1.29 is 29.6 Å². The Balaban J connectivity index is 0.000000555. The third-order valence-electron chi connectivity index (χ3n) is 2.49. The van der Waals surface area contributed by atoms with E-state index in [2.05, 4.69) is 5.32 Å². The standard InChI is InChI=1S/C9H18O5.C3H7NO/c1-5(2)13-8-3-6(11)9(12)7(4-10)14-8;1-3(5)4-2/h5-12H,3-4H2,1-2H3;1-2H3,(H,4,5). The maximum Gasteiger partial charge on any atom is 0.216 e. The lowest BCUT2D eigenvalue weighted by atomic mass is 10.0. The van der Waals surface area contributed by atoms with Crippen LogP contribution in [0.1, 0.15) is 27.2 Å². The van der Waals surface area contributed by atoms with Gasteiger partial charge in [-0.1, -0.05) is 0 Å². The summed E-state index contributed by atoms with van der Waals surface area (Å²) in [5.41, 5.74) is 0. The largest absolute Gasteiger partial charge is 0.394 e. The molecule has 0 saturated carbocycles. The van der Waals surface area contributed by atoms with E-state index in [9.17, 15) is 15.0 Å². The van der Waals surface area contributed by atoms with Gasteiger partial charge in [-0.15, -0.1) is 0 Å². The topological polar surface area (TPSA) is 108 Å². The number of amides is 1. The molecule has 0 spiro atoms. The van der Waals surface area contributed by atoms with Gasteiger partial charge in [0.05, 0.1) is 18.8 Å². The van der Waals surface area contributed by atoms with Gasteiger partial charge in [-0.05, 0) is 13.8 Å². The SMILES string of the molecule is CC(C)OC1CC(O)C(O)C(CO)O1.CNC(C)=O. The molecule has 0 aliphatic carbocycles. The van der Waals surface area contributed by atoms with Crippen molar-refractivity contribution in [2.45, 2.75) is 57.9 Å². The molecular formula is C12H25NO6. The van der Waals surface area contributed by atoms with E-state index in [0.717, 1.165) is 0 Å². The highest BCUT2D eigenvalue weighted by molar-refractivity contribution is 5.72. The molecule has 4 N–H and O–H groups in total. The summed E-state index contributed by atoms with van der Waals surface area (Å²) in [6, 6.07) is 0. The molecule has 1 saturated heterocycles. The highest BCUT2D eigenvalue weighted by Crippen LogP contribution is 2.21. The summed E-state index contributed by atoms with van der Waals surface area (Å²) in [7, 11) is 1.60. The fourth-order valence-corrected chi connectivity index (χ4v) is 1.46. The van der Waals surface area contributed by atoms with E-state index < -0.39 is 24.6 Å². The summed E-state index contributed by atoms with van der Waals surface area (Å²) in [6.07, 6.45) is -3.03. The Hall–Kier alpha value is -0.730. The third kappa shape index (κ3) is 7.44. The zero-order valence-corrected chi connectivity index (χ0v) is 11.9. The number of ether oxygens (including phenoxy) is 2. The van der Waals surface area contributed by atoms with E-state index in [1.165, 1.54) is 6.92 Å². The first-order valence-corrected chi connectivity index (χ1v) is 6.28. The Bertz CT molecular complexity index is 261. The number of aliphatic hydroxyl groups excluding tert-OH is 3. The van der Waals surface area contributed by atoms with Crippen LogP contribution in [0.25, 0.3) is 0 Å². The predicted octanol–water partition coefficient (Wildman–Crippen LogP) is -1.01. The highest BCUT2D eigenvalue weighted by Gasteiger charge is 2.36. The van der Waals surface area contributed by atoms with E-state index in [1.807, 2.05) is 13.8 Å². The number of rotatable bonds is 3. The average molecular weight is 279 g/mol. The molecule has 114 valence electrons. The van der Waals surface area contributed by atoms with Crippen molar-refractivity contribution in [3.63, 3.8) is 0 Å². The number of hydrogen-bond donors (Lipinski definition) is 4. The van der Waals surface area contributed by atoms with Gasteiger partial charge in [-0.2, -0.15) is 0 Å². The van der Waals surface area contributed by atoms with Gasteiger partial charge < -0.3 is 30.1 Å². The number of hydrogen-bond acceptors (Lipinski definition) is 6. The molecule has 1 aliphatic heterocycles. The number of carbonyl (C=O) groups excluding carboxylic acids is 1. The quantitative estimate of drug-likeness (QED) is 0.527. The fraction of sp³-hybridized carbons (Fsp3) is 0.917. The van der Waals surface area contributed by atoms with Crippen LogP contribution in [0.5, 0.6) is 0 Å². The van der Waals surface area contributed by atoms with E-state index in [0.29, 0.717) is 0 Å². The molecule has 0 aromatic rings. The van der Waals surface area contributed by atoms with Gasteiger partial charge in [-0.25, -0.2) is 0 Å². The zero-order valence-electron chi connectivity index (χ0n) is 11.9. The van der Waals surface area contributed by atoms with Crippen LogP contribution >= 0.6 is 0 Å². The van der Waals surface area contributed by atoms with Crippen LogP contribution < -0.4 is 5.32 Å². The molecule has 0 aromatic carbocycles. The molecule has 4 unspecified atom stereocenters. The smallest absolute Gasteiger partial charge is 0.216 e. The van der Waals surface area contributed by atoms with Crippen molar-refractivity contribution in [1.29, 1.82) is 0 Å². The Labute approximate surface area is 113 Å². The fourth-order valence-electron chi connectivity index (χ4n) is 1.46. The molecule has 0 radical (unpaired) electrons. The van der Waals surface area contributed by atoms with Gasteiger partial charge in [0.2, 0.25) is 5.91 Å². The summed E-state index contributed by atoms with van der Waals surface area (Å²) in [6.45, 7) is 4.86. The molecule has 1 heterocycles. The van der Waals surface area contributed by atoms with Crippen LogP contribution in [0.3, 0.4) is 0 Å². The summed E-state index contributed by atoms with van der Waals surface area (Å²) in [4.78, 5) is 9.70. The lowest BCUT2D eigenvalue weighted by Crippen LogP contribution is -2.50. The average Bonchev–Trinajstić information content (AvgIpc) is 2.33. The van der Waals surface area contributed by atoms with Crippen molar-refractivity contribution >= 4 is 5.91 Å². The number of nitrogens with one attached hydrogen (secondary N) is 1. The van der Waals surface area contributed by atoms with Crippen molar-refractivity contribution in [2.75, 3.05) is 13.7 Å². The van der Waals surface area contributed by atoms with Crippen LogP contribution in [0, 0.1) is 0 Å². The van der Waals surface area contributed by atoms with Gasteiger partial charge in [0.1, 0.15) is 12.2 Å². The monoisotopic (exact) mass is 279 g/mol. The first kappa shape index (κ1) is 18.3. The molecule has 7 nitrogen and oxygen atoms in total. The maximum atomic E-state index is 9.70. The lowest BCUT2D eigenvalue weighted by Gasteiger charge is -2.36. The molecule has 1 aliphatic rings.